The standard InChI is InChI=1S/C15H26N2OS/c1-2-14(15-5-3-12-19-15)16-8-4-9-17-10-6-13(18)7-11-17/h3,5,12-14,16,18H,2,4,6-11H2,1H3. The van der Waals surface area contributed by atoms with Gasteiger partial charge in [0.2, 0.25) is 0 Å². The molecule has 2 rings (SSSR count). The summed E-state index contributed by atoms with van der Waals surface area (Å²) < 4.78 is 0. The van der Waals surface area contributed by atoms with E-state index in [1.165, 1.54) is 11.3 Å². The van der Waals surface area contributed by atoms with E-state index in [2.05, 4.69) is 34.7 Å². The lowest BCUT2D eigenvalue weighted by atomic mass is 10.1. The monoisotopic (exact) mass is 282 g/mol. The molecule has 19 heavy (non-hydrogen) atoms. The molecule has 1 unspecified atom stereocenters. The van der Waals surface area contributed by atoms with Gasteiger partial charge >= 0.3 is 0 Å². The molecule has 2 heterocycles. The highest BCUT2D eigenvalue weighted by molar-refractivity contribution is 7.10. The van der Waals surface area contributed by atoms with Gasteiger partial charge in [0.15, 0.2) is 0 Å². The number of hydrogen-bond donors (Lipinski definition) is 2. The lowest BCUT2D eigenvalue weighted by Crippen LogP contribution is -2.37. The van der Waals surface area contributed by atoms with Crippen molar-refractivity contribution in [1.82, 2.24) is 10.2 Å². The Morgan fingerprint density at radius 1 is 1.47 bits per heavy atom. The van der Waals surface area contributed by atoms with E-state index >= 15 is 0 Å². The van der Waals surface area contributed by atoms with Gasteiger partial charge in [0.1, 0.15) is 0 Å². The molecule has 0 amide bonds. The largest absolute Gasteiger partial charge is 0.393 e. The van der Waals surface area contributed by atoms with Gasteiger partial charge < -0.3 is 15.3 Å². The molecule has 0 saturated carbocycles. The second-order valence-corrected chi connectivity index (χ2v) is 6.34. The summed E-state index contributed by atoms with van der Waals surface area (Å²) in [4.78, 5) is 3.92. The fourth-order valence-corrected chi connectivity index (χ4v) is 3.54. The number of nitrogens with one attached hydrogen (secondary N) is 1. The Morgan fingerprint density at radius 3 is 2.89 bits per heavy atom. The van der Waals surface area contributed by atoms with Crippen LogP contribution in [0.4, 0.5) is 0 Å². The predicted molar refractivity (Wildman–Crippen MR) is 81.7 cm³/mol. The topological polar surface area (TPSA) is 35.5 Å². The maximum Gasteiger partial charge on any atom is 0.0564 e. The summed E-state index contributed by atoms with van der Waals surface area (Å²) in [6, 6.07) is 4.87. The summed E-state index contributed by atoms with van der Waals surface area (Å²) >= 11 is 1.84. The van der Waals surface area contributed by atoms with E-state index in [-0.39, 0.29) is 6.10 Å². The van der Waals surface area contributed by atoms with E-state index in [4.69, 9.17) is 0 Å². The highest BCUT2D eigenvalue weighted by Crippen LogP contribution is 2.21. The number of aliphatic hydroxyl groups is 1. The minimum Gasteiger partial charge on any atom is -0.393 e. The third kappa shape index (κ3) is 4.88. The van der Waals surface area contributed by atoms with Crippen LogP contribution in [0.1, 0.15) is 43.5 Å². The molecule has 1 aliphatic heterocycles. The van der Waals surface area contributed by atoms with Gasteiger partial charge in [-0.15, -0.1) is 11.3 Å². The Kier molecular flexibility index (Phi) is 6.31. The van der Waals surface area contributed by atoms with Crippen molar-refractivity contribution in [3.63, 3.8) is 0 Å². The van der Waals surface area contributed by atoms with Crippen molar-refractivity contribution in [3.05, 3.63) is 22.4 Å². The summed E-state index contributed by atoms with van der Waals surface area (Å²) in [6.45, 7) is 6.59. The molecule has 1 aromatic rings. The third-order valence-corrected chi connectivity index (χ3v) is 4.88. The van der Waals surface area contributed by atoms with Crippen molar-refractivity contribution in [1.29, 1.82) is 0 Å². The Balaban J connectivity index is 1.61. The zero-order valence-corrected chi connectivity index (χ0v) is 12.7. The number of rotatable bonds is 7. The Hall–Kier alpha value is -0.420. The Labute approximate surface area is 120 Å². The van der Waals surface area contributed by atoms with Crippen molar-refractivity contribution in [2.75, 3.05) is 26.2 Å². The van der Waals surface area contributed by atoms with Gasteiger partial charge in [0, 0.05) is 24.0 Å². The molecule has 0 bridgehead atoms. The predicted octanol–water partition coefficient (Wildman–Crippen LogP) is 2.64. The van der Waals surface area contributed by atoms with Crippen molar-refractivity contribution in [2.24, 2.45) is 0 Å². The van der Waals surface area contributed by atoms with Crippen LogP contribution in [0.5, 0.6) is 0 Å². The highest BCUT2D eigenvalue weighted by Gasteiger charge is 2.16. The number of hydrogen-bond acceptors (Lipinski definition) is 4. The molecular formula is C15H26N2OS. The first kappa shape index (κ1) is 15.0. The highest BCUT2D eigenvalue weighted by atomic mass is 32.1. The first-order valence-electron chi connectivity index (χ1n) is 7.46. The van der Waals surface area contributed by atoms with E-state index in [1.807, 2.05) is 11.3 Å². The van der Waals surface area contributed by atoms with E-state index in [9.17, 15) is 5.11 Å². The smallest absolute Gasteiger partial charge is 0.0564 e. The second kappa shape index (κ2) is 8.00. The second-order valence-electron chi connectivity index (χ2n) is 5.36. The molecule has 0 aliphatic carbocycles. The number of thiophene rings is 1. The van der Waals surface area contributed by atoms with Crippen molar-refractivity contribution in [3.8, 4) is 0 Å². The van der Waals surface area contributed by atoms with Crippen LogP contribution in [0.25, 0.3) is 0 Å². The Bertz CT molecular complexity index is 334. The molecule has 1 aliphatic rings. The van der Waals surface area contributed by atoms with Crippen LogP contribution in [0, 0.1) is 0 Å². The Morgan fingerprint density at radius 2 is 2.26 bits per heavy atom. The summed E-state index contributed by atoms with van der Waals surface area (Å²) in [5, 5.41) is 15.3. The number of nitrogens with zero attached hydrogens (tertiary/aromatic N) is 1. The van der Waals surface area contributed by atoms with Crippen molar-refractivity contribution >= 4 is 11.3 Å². The van der Waals surface area contributed by atoms with Crippen LogP contribution in [0.3, 0.4) is 0 Å². The molecule has 4 heteroatoms. The molecular weight excluding hydrogens is 256 g/mol. The maximum absolute atomic E-state index is 9.47. The van der Waals surface area contributed by atoms with Crippen LogP contribution in [-0.4, -0.2) is 42.3 Å². The van der Waals surface area contributed by atoms with Gasteiger partial charge in [0.25, 0.3) is 0 Å². The van der Waals surface area contributed by atoms with Crippen molar-refractivity contribution in [2.45, 2.75) is 44.8 Å². The normalized spacial score (nSPS) is 19.7. The van der Waals surface area contributed by atoms with Crippen LogP contribution >= 0.6 is 11.3 Å². The fourth-order valence-electron chi connectivity index (χ4n) is 2.66. The summed E-state index contributed by atoms with van der Waals surface area (Å²) in [6.07, 6.45) is 4.17. The van der Waals surface area contributed by atoms with E-state index in [0.29, 0.717) is 6.04 Å². The third-order valence-electron chi connectivity index (χ3n) is 3.89. The first-order chi connectivity index (χ1) is 9.29. The zero-order valence-electron chi connectivity index (χ0n) is 11.8. The lowest BCUT2D eigenvalue weighted by molar-refractivity contribution is 0.0820. The summed E-state index contributed by atoms with van der Waals surface area (Å²) in [5.41, 5.74) is 0. The van der Waals surface area contributed by atoms with E-state index in [0.717, 1.165) is 45.4 Å². The SMILES string of the molecule is CCC(NCCCN1CCC(O)CC1)c1cccs1. The summed E-state index contributed by atoms with van der Waals surface area (Å²) in [7, 11) is 0. The number of piperidine rings is 1. The summed E-state index contributed by atoms with van der Waals surface area (Å²) in [5.74, 6) is 0. The quantitative estimate of drug-likeness (QED) is 0.755. The van der Waals surface area contributed by atoms with Gasteiger partial charge in [-0.2, -0.15) is 0 Å². The van der Waals surface area contributed by atoms with Gasteiger partial charge in [0.05, 0.1) is 6.10 Å². The van der Waals surface area contributed by atoms with Gasteiger partial charge in [-0.1, -0.05) is 13.0 Å². The lowest BCUT2D eigenvalue weighted by Gasteiger charge is -2.29. The molecule has 3 nitrogen and oxygen atoms in total. The molecule has 1 saturated heterocycles. The molecule has 0 radical (unpaired) electrons. The fraction of sp³-hybridized carbons (Fsp3) is 0.733. The number of aliphatic hydroxyl groups excluding tert-OH is 1. The van der Waals surface area contributed by atoms with E-state index in [1.54, 1.807) is 0 Å². The minimum absolute atomic E-state index is 0.0577. The number of likely N-dealkylation sites (tertiary alicyclic amines) is 1. The van der Waals surface area contributed by atoms with E-state index < -0.39 is 0 Å². The van der Waals surface area contributed by atoms with Gasteiger partial charge in [-0.05, 0) is 50.2 Å². The zero-order chi connectivity index (χ0) is 13.5. The van der Waals surface area contributed by atoms with Crippen LogP contribution < -0.4 is 5.32 Å². The van der Waals surface area contributed by atoms with Crippen LogP contribution in [0.2, 0.25) is 0 Å². The van der Waals surface area contributed by atoms with Gasteiger partial charge in [-0.3, -0.25) is 0 Å². The first-order valence-corrected chi connectivity index (χ1v) is 8.34. The van der Waals surface area contributed by atoms with Crippen LogP contribution in [0.15, 0.2) is 17.5 Å². The van der Waals surface area contributed by atoms with Crippen LogP contribution in [-0.2, 0) is 0 Å². The molecule has 0 spiro atoms. The van der Waals surface area contributed by atoms with Gasteiger partial charge in [-0.25, -0.2) is 0 Å². The average molecular weight is 282 g/mol. The van der Waals surface area contributed by atoms with Crippen molar-refractivity contribution < 1.29 is 5.11 Å². The molecule has 1 aromatic heterocycles. The molecule has 1 atom stereocenters. The average Bonchev–Trinajstić information content (AvgIpc) is 2.95. The minimum atomic E-state index is -0.0577. The molecule has 2 N–H and O–H groups in total. The molecule has 1 fully saturated rings. The molecule has 108 valence electrons. The molecule has 0 aromatic carbocycles. The maximum atomic E-state index is 9.47.